The second-order valence-electron chi connectivity index (χ2n) is 4.00. The molecule has 90 valence electrons. The van der Waals surface area contributed by atoms with Gasteiger partial charge in [0.1, 0.15) is 0 Å². The number of aryl methyl sites for hydroxylation is 1. The minimum atomic E-state index is 0.0537. The molecule has 1 aromatic carbocycles. The van der Waals surface area contributed by atoms with Gasteiger partial charge in [-0.15, -0.1) is 11.3 Å². The average Bonchev–Trinajstić information content (AvgIpc) is 2.64. The average molecular weight is 375 g/mol. The lowest BCUT2D eigenvalue weighted by molar-refractivity contribution is 0.723. The number of hydrogen-bond acceptors (Lipinski definition) is 2. The van der Waals surface area contributed by atoms with Gasteiger partial charge in [-0.05, 0) is 57.6 Å². The van der Waals surface area contributed by atoms with Gasteiger partial charge in [0.2, 0.25) is 0 Å². The monoisotopic (exact) mass is 373 g/mol. The van der Waals surface area contributed by atoms with Crippen LogP contribution in [0.2, 0.25) is 0 Å². The van der Waals surface area contributed by atoms with Gasteiger partial charge >= 0.3 is 0 Å². The molecule has 1 nitrogen and oxygen atoms in total. The number of hydrogen-bond donors (Lipinski definition) is 1. The van der Waals surface area contributed by atoms with Crippen LogP contribution in [0, 0.1) is 6.92 Å². The van der Waals surface area contributed by atoms with E-state index in [4.69, 9.17) is 5.73 Å². The predicted molar refractivity (Wildman–Crippen MR) is 81.5 cm³/mol. The van der Waals surface area contributed by atoms with E-state index in [1.807, 2.05) is 6.07 Å². The molecule has 0 amide bonds. The topological polar surface area (TPSA) is 26.0 Å². The molecule has 1 aromatic heterocycles. The summed E-state index contributed by atoms with van der Waals surface area (Å²) in [7, 11) is 0. The Balaban J connectivity index is 2.20. The molecule has 1 unspecified atom stereocenters. The van der Waals surface area contributed by atoms with E-state index < -0.39 is 0 Å². The zero-order valence-corrected chi connectivity index (χ0v) is 13.4. The highest BCUT2D eigenvalue weighted by atomic mass is 79.9. The van der Waals surface area contributed by atoms with Crippen molar-refractivity contribution in [3.05, 3.63) is 54.6 Å². The third-order valence-corrected chi connectivity index (χ3v) is 5.17. The summed E-state index contributed by atoms with van der Waals surface area (Å²) in [6, 6.07) is 8.38. The van der Waals surface area contributed by atoms with Crippen molar-refractivity contribution in [2.75, 3.05) is 0 Å². The lowest BCUT2D eigenvalue weighted by Gasteiger charge is -2.14. The number of halogens is 2. The molecule has 0 radical (unpaired) electrons. The van der Waals surface area contributed by atoms with Crippen molar-refractivity contribution in [1.29, 1.82) is 0 Å². The second-order valence-corrected chi connectivity index (χ2v) is 6.77. The molecule has 1 heterocycles. The SMILES string of the molecule is Cc1cc(Br)ccc1C(N)Cc1sccc1Br. The van der Waals surface area contributed by atoms with Crippen molar-refractivity contribution in [3.8, 4) is 0 Å². The van der Waals surface area contributed by atoms with Crippen molar-refractivity contribution < 1.29 is 0 Å². The van der Waals surface area contributed by atoms with E-state index in [0.717, 1.165) is 15.4 Å². The van der Waals surface area contributed by atoms with Gasteiger partial charge in [-0.3, -0.25) is 0 Å². The second kappa shape index (κ2) is 5.65. The first-order valence-electron chi connectivity index (χ1n) is 5.31. The fourth-order valence-electron chi connectivity index (χ4n) is 1.84. The zero-order chi connectivity index (χ0) is 12.4. The molecular formula is C13H13Br2NS. The molecule has 17 heavy (non-hydrogen) atoms. The highest BCUT2D eigenvalue weighted by molar-refractivity contribution is 9.10. The van der Waals surface area contributed by atoms with E-state index in [0.29, 0.717) is 0 Å². The molecule has 0 saturated carbocycles. The van der Waals surface area contributed by atoms with Crippen LogP contribution < -0.4 is 5.73 Å². The molecule has 0 aliphatic carbocycles. The van der Waals surface area contributed by atoms with E-state index in [9.17, 15) is 0 Å². The maximum atomic E-state index is 6.28. The first kappa shape index (κ1) is 13.3. The van der Waals surface area contributed by atoms with Gasteiger partial charge in [0.05, 0.1) is 0 Å². The van der Waals surface area contributed by atoms with Gasteiger partial charge in [-0.1, -0.05) is 22.0 Å². The molecule has 2 rings (SSSR count). The molecule has 0 fully saturated rings. The van der Waals surface area contributed by atoms with Crippen molar-refractivity contribution in [1.82, 2.24) is 0 Å². The third-order valence-electron chi connectivity index (χ3n) is 2.73. The zero-order valence-electron chi connectivity index (χ0n) is 9.41. The van der Waals surface area contributed by atoms with Gasteiger partial charge in [0.25, 0.3) is 0 Å². The summed E-state index contributed by atoms with van der Waals surface area (Å²) >= 11 is 8.76. The molecule has 4 heteroatoms. The fourth-order valence-corrected chi connectivity index (χ4v) is 3.89. The van der Waals surface area contributed by atoms with E-state index >= 15 is 0 Å². The third kappa shape index (κ3) is 3.19. The Hall–Kier alpha value is -0.160. The molecule has 0 saturated heterocycles. The van der Waals surface area contributed by atoms with Crippen LogP contribution in [0.1, 0.15) is 22.0 Å². The van der Waals surface area contributed by atoms with Crippen molar-refractivity contribution in [2.24, 2.45) is 5.73 Å². The quantitative estimate of drug-likeness (QED) is 0.818. The Labute approximate surface area is 122 Å². The highest BCUT2D eigenvalue weighted by Gasteiger charge is 2.12. The van der Waals surface area contributed by atoms with Crippen molar-refractivity contribution in [3.63, 3.8) is 0 Å². The summed E-state index contributed by atoms with van der Waals surface area (Å²) in [6.45, 7) is 2.10. The molecule has 2 N–H and O–H groups in total. The normalized spacial score (nSPS) is 12.7. The lowest BCUT2D eigenvalue weighted by atomic mass is 9.99. The molecule has 1 atom stereocenters. The Bertz CT molecular complexity index is 522. The fraction of sp³-hybridized carbons (Fsp3) is 0.231. The highest BCUT2D eigenvalue weighted by Crippen LogP contribution is 2.29. The molecule has 0 bridgehead atoms. The first-order chi connectivity index (χ1) is 8.08. The summed E-state index contributed by atoms with van der Waals surface area (Å²) in [5, 5.41) is 2.08. The standard InChI is InChI=1S/C13H13Br2NS/c1-8-6-9(14)2-3-10(8)12(16)7-13-11(15)4-5-17-13/h2-6,12H,7,16H2,1H3. The summed E-state index contributed by atoms with van der Waals surface area (Å²) < 4.78 is 2.26. The Kier molecular flexibility index (Phi) is 4.42. The van der Waals surface area contributed by atoms with E-state index in [-0.39, 0.29) is 6.04 Å². The maximum absolute atomic E-state index is 6.28. The summed E-state index contributed by atoms with van der Waals surface area (Å²) in [6.07, 6.45) is 0.876. The smallest absolute Gasteiger partial charge is 0.0346 e. The van der Waals surface area contributed by atoms with Gasteiger partial charge in [-0.25, -0.2) is 0 Å². The molecule has 2 aromatic rings. The Morgan fingerprint density at radius 1 is 1.29 bits per heavy atom. The summed E-state index contributed by atoms with van der Waals surface area (Å²) in [5.41, 5.74) is 8.73. The number of nitrogens with two attached hydrogens (primary N) is 1. The molecular weight excluding hydrogens is 362 g/mol. The Morgan fingerprint density at radius 3 is 2.65 bits per heavy atom. The van der Waals surface area contributed by atoms with Gasteiger partial charge in [0, 0.05) is 26.3 Å². The number of thiophene rings is 1. The van der Waals surface area contributed by atoms with Crippen molar-refractivity contribution >= 4 is 43.2 Å². The van der Waals surface area contributed by atoms with E-state index in [1.165, 1.54) is 16.0 Å². The van der Waals surface area contributed by atoms with Crippen LogP contribution in [0.3, 0.4) is 0 Å². The van der Waals surface area contributed by atoms with E-state index in [1.54, 1.807) is 11.3 Å². The number of rotatable bonds is 3. The van der Waals surface area contributed by atoms with Crippen LogP contribution >= 0.6 is 43.2 Å². The van der Waals surface area contributed by atoms with Gasteiger partial charge in [-0.2, -0.15) is 0 Å². The van der Waals surface area contributed by atoms with Crippen LogP contribution in [-0.4, -0.2) is 0 Å². The summed E-state index contributed by atoms with van der Waals surface area (Å²) in [5.74, 6) is 0. The number of benzene rings is 1. The van der Waals surface area contributed by atoms with Gasteiger partial charge in [0.15, 0.2) is 0 Å². The minimum absolute atomic E-state index is 0.0537. The molecule has 0 spiro atoms. The Morgan fingerprint density at radius 2 is 2.06 bits per heavy atom. The van der Waals surface area contributed by atoms with Crippen LogP contribution in [-0.2, 0) is 6.42 Å². The maximum Gasteiger partial charge on any atom is 0.0346 e. The van der Waals surface area contributed by atoms with Crippen molar-refractivity contribution in [2.45, 2.75) is 19.4 Å². The van der Waals surface area contributed by atoms with Crippen LogP contribution in [0.5, 0.6) is 0 Å². The predicted octanol–water partition coefficient (Wildman–Crippen LogP) is 4.82. The van der Waals surface area contributed by atoms with Crippen LogP contribution in [0.25, 0.3) is 0 Å². The molecule has 0 aliphatic rings. The first-order valence-corrected chi connectivity index (χ1v) is 7.78. The molecule has 0 aliphatic heterocycles. The summed E-state index contributed by atoms with van der Waals surface area (Å²) in [4.78, 5) is 1.31. The van der Waals surface area contributed by atoms with Crippen LogP contribution in [0.15, 0.2) is 38.6 Å². The minimum Gasteiger partial charge on any atom is -0.324 e. The lowest BCUT2D eigenvalue weighted by Crippen LogP contribution is -2.14. The van der Waals surface area contributed by atoms with Crippen LogP contribution in [0.4, 0.5) is 0 Å². The van der Waals surface area contributed by atoms with E-state index in [2.05, 4.69) is 62.4 Å². The largest absolute Gasteiger partial charge is 0.324 e. The van der Waals surface area contributed by atoms with Gasteiger partial charge < -0.3 is 5.73 Å².